The Labute approximate surface area is 166 Å². The molecule has 1 aromatic rings. The molecule has 0 radical (unpaired) electrons. The summed E-state index contributed by atoms with van der Waals surface area (Å²) in [5.74, 6) is -0.259. The van der Waals surface area contributed by atoms with Gasteiger partial charge in [0, 0.05) is 12.2 Å². The van der Waals surface area contributed by atoms with E-state index in [4.69, 9.17) is 4.74 Å². The van der Waals surface area contributed by atoms with Crippen LogP contribution in [0, 0.1) is 0 Å². The van der Waals surface area contributed by atoms with E-state index in [1.54, 1.807) is 0 Å². The minimum Gasteiger partial charge on any atom is -0.462 e. The summed E-state index contributed by atoms with van der Waals surface area (Å²) in [7, 11) is 0. The van der Waals surface area contributed by atoms with E-state index in [0.29, 0.717) is 12.2 Å². The maximum Gasteiger partial charge on any atom is 0.338 e. The van der Waals surface area contributed by atoms with Gasteiger partial charge in [0.15, 0.2) is 0 Å². The molecule has 0 aliphatic carbocycles. The lowest BCUT2D eigenvalue weighted by molar-refractivity contribution is 0.0526. The lowest BCUT2D eigenvalue weighted by atomic mass is 10.1. The molecule has 3 nitrogen and oxygen atoms in total. The van der Waals surface area contributed by atoms with Crippen molar-refractivity contribution in [2.75, 3.05) is 18.5 Å². The van der Waals surface area contributed by atoms with Crippen LogP contribution in [-0.2, 0) is 4.74 Å². The Morgan fingerprint density at radius 2 is 1.44 bits per heavy atom. The molecule has 0 unspecified atom stereocenters. The molecule has 0 fully saturated rings. The SMILES string of the molecule is CCCCCCCCCCC=CCCCNc1ccc(C(=O)OCC)cc1. The Hall–Kier alpha value is -1.77. The van der Waals surface area contributed by atoms with Crippen molar-refractivity contribution in [1.29, 1.82) is 0 Å². The Kier molecular flexibility index (Phi) is 14.1. The number of nitrogens with one attached hydrogen (secondary N) is 1. The number of rotatable bonds is 16. The number of carbonyl (C=O) groups is 1. The second-order valence-corrected chi connectivity index (χ2v) is 7.10. The third kappa shape index (κ3) is 12.3. The number of unbranched alkanes of at least 4 members (excludes halogenated alkanes) is 9. The second-order valence-electron chi connectivity index (χ2n) is 7.10. The van der Waals surface area contributed by atoms with Crippen LogP contribution in [0.15, 0.2) is 36.4 Å². The van der Waals surface area contributed by atoms with E-state index >= 15 is 0 Å². The van der Waals surface area contributed by atoms with Crippen molar-refractivity contribution < 1.29 is 9.53 Å². The number of anilines is 1. The summed E-state index contributed by atoms with van der Waals surface area (Å²) in [5.41, 5.74) is 1.65. The van der Waals surface area contributed by atoms with Gasteiger partial charge in [0.25, 0.3) is 0 Å². The molecule has 1 aromatic carbocycles. The summed E-state index contributed by atoms with van der Waals surface area (Å²) in [6, 6.07) is 7.49. The second kappa shape index (κ2) is 16.4. The third-order valence-electron chi connectivity index (χ3n) is 4.66. The fraction of sp³-hybridized carbons (Fsp3) is 0.625. The summed E-state index contributed by atoms with van der Waals surface area (Å²) in [4.78, 5) is 11.6. The Balaban J connectivity index is 1.97. The number of hydrogen-bond acceptors (Lipinski definition) is 3. The highest BCUT2D eigenvalue weighted by Gasteiger charge is 2.04. The standard InChI is InChI=1S/C24H39NO2/c1-3-5-6-7-8-9-10-11-12-13-14-15-16-21-25-23-19-17-22(18-20-23)24(26)27-4-2/h13-14,17-20,25H,3-12,15-16,21H2,1-2H3. The average Bonchev–Trinajstić information content (AvgIpc) is 2.69. The molecule has 1 N–H and O–H groups in total. The lowest BCUT2D eigenvalue weighted by Crippen LogP contribution is -2.05. The topological polar surface area (TPSA) is 38.3 Å². The number of benzene rings is 1. The monoisotopic (exact) mass is 373 g/mol. The minimum atomic E-state index is -0.259. The summed E-state index contributed by atoms with van der Waals surface area (Å²) >= 11 is 0. The Morgan fingerprint density at radius 3 is 2.07 bits per heavy atom. The van der Waals surface area contributed by atoms with Gasteiger partial charge >= 0.3 is 5.97 Å². The molecule has 0 amide bonds. The zero-order valence-electron chi connectivity index (χ0n) is 17.5. The Morgan fingerprint density at radius 1 is 0.852 bits per heavy atom. The smallest absolute Gasteiger partial charge is 0.338 e. The summed E-state index contributed by atoms with van der Waals surface area (Å²) in [5, 5.41) is 3.40. The van der Waals surface area contributed by atoms with E-state index < -0.39 is 0 Å². The highest BCUT2D eigenvalue weighted by molar-refractivity contribution is 5.89. The van der Waals surface area contributed by atoms with Crippen LogP contribution in [-0.4, -0.2) is 19.1 Å². The highest BCUT2D eigenvalue weighted by atomic mass is 16.5. The number of hydrogen-bond donors (Lipinski definition) is 1. The van der Waals surface area contributed by atoms with Gasteiger partial charge in [-0.3, -0.25) is 0 Å². The molecule has 27 heavy (non-hydrogen) atoms. The van der Waals surface area contributed by atoms with Crippen molar-refractivity contribution in [3.8, 4) is 0 Å². The first-order valence-corrected chi connectivity index (χ1v) is 10.9. The van der Waals surface area contributed by atoms with Crippen molar-refractivity contribution in [3.05, 3.63) is 42.0 Å². The molecule has 0 aliphatic rings. The van der Waals surface area contributed by atoms with Crippen LogP contribution in [0.5, 0.6) is 0 Å². The fourth-order valence-corrected chi connectivity index (χ4v) is 3.02. The molecule has 0 bridgehead atoms. The van der Waals surface area contributed by atoms with Gasteiger partial charge < -0.3 is 10.1 Å². The van der Waals surface area contributed by atoms with Crippen LogP contribution < -0.4 is 5.32 Å². The molecule has 0 spiro atoms. The largest absolute Gasteiger partial charge is 0.462 e. The zero-order chi connectivity index (χ0) is 19.6. The van der Waals surface area contributed by atoms with Crippen LogP contribution in [0.3, 0.4) is 0 Å². The predicted molar refractivity (Wildman–Crippen MR) is 116 cm³/mol. The molecule has 0 atom stereocenters. The number of carbonyl (C=O) groups excluding carboxylic acids is 1. The number of ether oxygens (including phenoxy) is 1. The van der Waals surface area contributed by atoms with Crippen LogP contribution in [0.1, 0.15) is 94.8 Å². The molecule has 152 valence electrons. The third-order valence-corrected chi connectivity index (χ3v) is 4.66. The minimum absolute atomic E-state index is 0.259. The van der Waals surface area contributed by atoms with Crippen LogP contribution in [0.25, 0.3) is 0 Å². The van der Waals surface area contributed by atoms with Gasteiger partial charge in [-0.2, -0.15) is 0 Å². The van der Waals surface area contributed by atoms with Crippen LogP contribution in [0.2, 0.25) is 0 Å². The maximum atomic E-state index is 11.6. The van der Waals surface area contributed by atoms with Gasteiger partial charge in [-0.1, -0.05) is 64.0 Å². The van der Waals surface area contributed by atoms with E-state index in [9.17, 15) is 4.79 Å². The predicted octanol–water partition coefficient (Wildman–Crippen LogP) is 7.14. The quantitative estimate of drug-likeness (QED) is 0.190. The molecule has 3 heteroatoms. The van der Waals surface area contributed by atoms with Gasteiger partial charge in [0.2, 0.25) is 0 Å². The molecule has 0 heterocycles. The van der Waals surface area contributed by atoms with Crippen LogP contribution >= 0.6 is 0 Å². The first kappa shape index (κ1) is 23.3. The van der Waals surface area contributed by atoms with Gasteiger partial charge in [0.1, 0.15) is 0 Å². The normalized spacial score (nSPS) is 11.0. The molecular weight excluding hydrogens is 334 g/mol. The zero-order valence-corrected chi connectivity index (χ0v) is 17.5. The molecule has 0 saturated carbocycles. The van der Waals surface area contributed by atoms with E-state index in [1.165, 1.54) is 57.8 Å². The van der Waals surface area contributed by atoms with Crippen molar-refractivity contribution in [3.63, 3.8) is 0 Å². The van der Waals surface area contributed by atoms with Crippen molar-refractivity contribution >= 4 is 11.7 Å². The van der Waals surface area contributed by atoms with Crippen molar-refractivity contribution in [2.45, 2.75) is 84.5 Å². The van der Waals surface area contributed by atoms with Gasteiger partial charge in [-0.15, -0.1) is 0 Å². The highest BCUT2D eigenvalue weighted by Crippen LogP contribution is 2.12. The first-order chi connectivity index (χ1) is 13.3. The Bertz CT molecular complexity index is 508. The van der Waals surface area contributed by atoms with E-state index in [0.717, 1.165) is 25.1 Å². The van der Waals surface area contributed by atoms with Crippen molar-refractivity contribution in [1.82, 2.24) is 0 Å². The summed E-state index contributed by atoms with van der Waals surface area (Å²) < 4.78 is 4.99. The molecular formula is C24H39NO2. The maximum absolute atomic E-state index is 11.6. The molecule has 0 aromatic heterocycles. The first-order valence-electron chi connectivity index (χ1n) is 10.9. The number of esters is 1. The van der Waals surface area contributed by atoms with Crippen LogP contribution in [0.4, 0.5) is 5.69 Å². The number of allylic oxidation sites excluding steroid dienone is 2. The average molecular weight is 374 g/mol. The summed E-state index contributed by atoms with van der Waals surface area (Å²) in [6.45, 7) is 5.44. The van der Waals surface area contributed by atoms with Gasteiger partial charge in [-0.05, 0) is 56.9 Å². The lowest BCUT2D eigenvalue weighted by Gasteiger charge is -2.06. The van der Waals surface area contributed by atoms with E-state index in [1.807, 2.05) is 31.2 Å². The molecule has 0 aliphatic heterocycles. The van der Waals surface area contributed by atoms with Gasteiger partial charge in [-0.25, -0.2) is 4.79 Å². The molecule has 0 saturated heterocycles. The summed E-state index contributed by atoms with van der Waals surface area (Å²) in [6.07, 6.45) is 19.2. The van der Waals surface area contributed by atoms with Crippen molar-refractivity contribution in [2.24, 2.45) is 0 Å². The van der Waals surface area contributed by atoms with Gasteiger partial charge in [0.05, 0.1) is 12.2 Å². The van der Waals surface area contributed by atoms with E-state index in [-0.39, 0.29) is 5.97 Å². The fourth-order valence-electron chi connectivity index (χ4n) is 3.02. The molecule has 1 rings (SSSR count). The van der Waals surface area contributed by atoms with E-state index in [2.05, 4.69) is 24.4 Å².